The van der Waals surface area contributed by atoms with Crippen LogP contribution in [0.1, 0.15) is 44.7 Å². The van der Waals surface area contributed by atoms with Gasteiger partial charge in [0, 0.05) is 19.0 Å². The van der Waals surface area contributed by atoms with Crippen LogP contribution in [0.4, 0.5) is 0 Å². The van der Waals surface area contributed by atoms with Crippen molar-refractivity contribution in [3.8, 4) is 11.5 Å². The normalized spacial score (nSPS) is 11.7. The SMILES string of the molecule is COc1ccc(OCCCC(=O)N(Cc2cccc(C)c2)[C@@H](C)C(=O)NC(C)C)cc1. The first kappa shape index (κ1) is 24.3. The third kappa shape index (κ3) is 7.96. The van der Waals surface area contributed by atoms with Gasteiger partial charge in [-0.05, 0) is 63.9 Å². The Bertz CT molecular complexity index is 849. The van der Waals surface area contributed by atoms with Crippen LogP contribution < -0.4 is 14.8 Å². The number of nitrogens with one attached hydrogen (secondary N) is 1. The molecule has 0 aliphatic heterocycles. The number of hydrogen-bond donors (Lipinski definition) is 1. The van der Waals surface area contributed by atoms with E-state index in [9.17, 15) is 9.59 Å². The molecule has 2 rings (SSSR count). The van der Waals surface area contributed by atoms with Crippen molar-refractivity contribution >= 4 is 11.8 Å². The third-order valence-corrected chi connectivity index (χ3v) is 4.90. The quantitative estimate of drug-likeness (QED) is 0.549. The van der Waals surface area contributed by atoms with Gasteiger partial charge in [0.1, 0.15) is 17.5 Å². The van der Waals surface area contributed by atoms with Crippen molar-refractivity contribution in [2.75, 3.05) is 13.7 Å². The van der Waals surface area contributed by atoms with Crippen molar-refractivity contribution < 1.29 is 19.1 Å². The van der Waals surface area contributed by atoms with Crippen LogP contribution in [0.25, 0.3) is 0 Å². The summed E-state index contributed by atoms with van der Waals surface area (Å²) in [7, 11) is 1.62. The monoisotopic (exact) mass is 426 g/mol. The van der Waals surface area contributed by atoms with Crippen LogP contribution in [-0.4, -0.2) is 42.5 Å². The molecule has 2 aromatic rings. The second-order valence-electron chi connectivity index (χ2n) is 7.98. The molecule has 0 heterocycles. The maximum absolute atomic E-state index is 13.0. The first-order valence-corrected chi connectivity index (χ1v) is 10.7. The highest BCUT2D eigenvalue weighted by Crippen LogP contribution is 2.18. The Morgan fingerprint density at radius 3 is 2.32 bits per heavy atom. The molecule has 0 saturated carbocycles. The van der Waals surface area contributed by atoms with Crippen LogP contribution in [0.15, 0.2) is 48.5 Å². The summed E-state index contributed by atoms with van der Waals surface area (Å²) in [5, 5.41) is 2.91. The molecule has 1 atom stereocenters. The summed E-state index contributed by atoms with van der Waals surface area (Å²) in [5.41, 5.74) is 2.13. The number of carbonyl (C=O) groups excluding carboxylic acids is 2. The smallest absolute Gasteiger partial charge is 0.242 e. The predicted molar refractivity (Wildman–Crippen MR) is 122 cm³/mol. The molecule has 1 N–H and O–H groups in total. The first-order valence-electron chi connectivity index (χ1n) is 10.7. The van der Waals surface area contributed by atoms with E-state index in [2.05, 4.69) is 5.32 Å². The third-order valence-electron chi connectivity index (χ3n) is 4.90. The molecule has 31 heavy (non-hydrogen) atoms. The maximum Gasteiger partial charge on any atom is 0.242 e. The summed E-state index contributed by atoms with van der Waals surface area (Å²) >= 11 is 0. The Labute approximate surface area is 185 Å². The Balaban J connectivity index is 1.98. The van der Waals surface area contributed by atoms with Crippen molar-refractivity contribution in [1.29, 1.82) is 0 Å². The topological polar surface area (TPSA) is 67.9 Å². The molecule has 2 aromatic carbocycles. The number of nitrogens with zero attached hydrogens (tertiary/aromatic N) is 1. The average molecular weight is 427 g/mol. The van der Waals surface area contributed by atoms with Gasteiger partial charge in [-0.25, -0.2) is 0 Å². The van der Waals surface area contributed by atoms with Crippen molar-refractivity contribution in [2.24, 2.45) is 0 Å². The highest BCUT2D eigenvalue weighted by Gasteiger charge is 2.26. The predicted octanol–water partition coefficient (Wildman–Crippen LogP) is 4.10. The van der Waals surface area contributed by atoms with Crippen LogP contribution in [0.3, 0.4) is 0 Å². The Kier molecular flexibility index (Phi) is 9.38. The van der Waals surface area contributed by atoms with Crippen molar-refractivity contribution in [3.05, 3.63) is 59.7 Å². The second-order valence-corrected chi connectivity index (χ2v) is 7.98. The van der Waals surface area contributed by atoms with Gasteiger partial charge in [-0.15, -0.1) is 0 Å². The molecule has 0 radical (unpaired) electrons. The molecule has 0 aromatic heterocycles. The summed E-state index contributed by atoms with van der Waals surface area (Å²) < 4.78 is 10.9. The van der Waals surface area contributed by atoms with Gasteiger partial charge in [0.2, 0.25) is 11.8 Å². The lowest BCUT2D eigenvalue weighted by atomic mass is 10.1. The van der Waals surface area contributed by atoms with E-state index in [1.54, 1.807) is 18.9 Å². The highest BCUT2D eigenvalue weighted by atomic mass is 16.5. The number of rotatable bonds is 11. The molecule has 0 bridgehead atoms. The van der Waals surface area contributed by atoms with E-state index in [-0.39, 0.29) is 17.9 Å². The molecule has 0 saturated heterocycles. The number of methoxy groups -OCH3 is 1. The molecule has 0 fully saturated rings. The van der Waals surface area contributed by atoms with E-state index in [1.807, 2.05) is 69.3 Å². The van der Waals surface area contributed by atoms with Crippen LogP contribution in [0.2, 0.25) is 0 Å². The molecule has 0 spiro atoms. The Morgan fingerprint density at radius 2 is 1.71 bits per heavy atom. The van der Waals surface area contributed by atoms with Gasteiger partial charge in [0.15, 0.2) is 0 Å². The van der Waals surface area contributed by atoms with E-state index in [4.69, 9.17) is 9.47 Å². The summed E-state index contributed by atoms with van der Waals surface area (Å²) in [4.78, 5) is 27.3. The zero-order valence-electron chi connectivity index (χ0n) is 19.2. The molecule has 6 heteroatoms. The van der Waals surface area contributed by atoms with Gasteiger partial charge >= 0.3 is 0 Å². The molecule has 0 unspecified atom stereocenters. The molecule has 0 aliphatic rings. The fourth-order valence-electron chi connectivity index (χ4n) is 3.22. The van der Waals surface area contributed by atoms with Gasteiger partial charge in [-0.3, -0.25) is 9.59 Å². The summed E-state index contributed by atoms with van der Waals surface area (Å²) in [6, 6.07) is 14.8. The Morgan fingerprint density at radius 1 is 1.03 bits per heavy atom. The van der Waals surface area contributed by atoms with Gasteiger partial charge in [-0.1, -0.05) is 29.8 Å². The van der Waals surface area contributed by atoms with Crippen molar-refractivity contribution in [3.63, 3.8) is 0 Å². The maximum atomic E-state index is 13.0. The summed E-state index contributed by atoms with van der Waals surface area (Å²) in [6.07, 6.45) is 0.870. The number of amides is 2. The summed E-state index contributed by atoms with van der Waals surface area (Å²) in [6.45, 7) is 8.43. The fourth-order valence-corrected chi connectivity index (χ4v) is 3.22. The summed E-state index contributed by atoms with van der Waals surface area (Å²) in [5.74, 6) is 1.29. The average Bonchev–Trinajstić information content (AvgIpc) is 2.74. The van der Waals surface area contributed by atoms with E-state index in [0.717, 1.165) is 22.6 Å². The minimum Gasteiger partial charge on any atom is -0.497 e. The molecule has 0 aliphatic carbocycles. The zero-order valence-corrected chi connectivity index (χ0v) is 19.2. The lowest BCUT2D eigenvalue weighted by Crippen LogP contribution is -2.49. The fraction of sp³-hybridized carbons (Fsp3) is 0.440. The number of aryl methyl sites for hydroxylation is 1. The minimum absolute atomic E-state index is 0.0174. The number of ether oxygens (including phenoxy) is 2. The minimum atomic E-state index is -0.557. The van der Waals surface area contributed by atoms with E-state index in [0.29, 0.717) is 26.0 Å². The number of hydrogen-bond acceptors (Lipinski definition) is 4. The molecule has 6 nitrogen and oxygen atoms in total. The second kappa shape index (κ2) is 12.0. The van der Waals surface area contributed by atoms with Gasteiger partial charge < -0.3 is 19.7 Å². The van der Waals surface area contributed by atoms with Crippen molar-refractivity contribution in [1.82, 2.24) is 10.2 Å². The lowest BCUT2D eigenvalue weighted by Gasteiger charge is -2.29. The van der Waals surface area contributed by atoms with Crippen LogP contribution in [0.5, 0.6) is 11.5 Å². The largest absolute Gasteiger partial charge is 0.497 e. The van der Waals surface area contributed by atoms with Crippen LogP contribution in [0, 0.1) is 6.92 Å². The highest BCUT2D eigenvalue weighted by molar-refractivity contribution is 5.87. The number of carbonyl (C=O) groups is 2. The van der Waals surface area contributed by atoms with Crippen molar-refractivity contribution in [2.45, 2.75) is 59.2 Å². The molecule has 2 amide bonds. The standard InChI is InChI=1S/C25H34N2O4/c1-18(2)26-25(29)20(4)27(17-21-9-6-8-19(3)16-21)24(28)10-7-15-31-23-13-11-22(30-5)12-14-23/h6,8-9,11-14,16,18,20H,7,10,15,17H2,1-5H3,(H,26,29)/t20-/m0/s1. The molecular formula is C25H34N2O4. The number of benzene rings is 2. The molecular weight excluding hydrogens is 392 g/mol. The Hall–Kier alpha value is -3.02. The van der Waals surface area contributed by atoms with Crippen LogP contribution >= 0.6 is 0 Å². The van der Waals surface area contributed by atoms with E-state index >= 15 is 0 Å². The lowest BCUT2D eigenvalue weighted by molar-refractivity contribution is -0.141. The van der Waals surface area contributed by atoms with Gasteiger partial charge in [-0.2, -0.15) is 0 Å². The van der Waals surface area contributed by atoms with Crippen LogP contribution in [-0.2, 0) is 16.1 Å². The van der Waals surface area contributed by atoms with Gasteiger partial charge in [0.05, 0.1) is 13.7 Å². The zero-order chi connectivity index (χ0) is 22.8. The first-order chi connectivity index (χ1) is 14.8. The molecule has 168 valence electrons. The van der Waals surface area contributed by atoms with E-state index < -0.39 is 6.04 Å². The van der Waals surface area contributed by atoms with E-state index in [1.165, 1.54) is 0 Å². The van der Waals surface area contributed by atoms with Gasteiger partial charge in [0.25, 0.3) is 0 Å².